The Kier molecular flexibility index (Phi) is 3.77. The van der Waals surface area contributed by atoms with Crippen molar-refractivity contribution in [2.24, 2.45) is 0 Å². The molecule has 0 atom stereocenters. The van der Waals surface area contributed by atoms with Gasteiger partial charge in [0.2, 0.25) is 0 Å². The monoisotopic (exact) mass is 281 g/mol. The van der Waals surface area contributed by atoms with Crippen molar-refractivity contribution >= 4 is 16.9 Å². The fourth-order valence-electron chi connectivity index (χ4n) is 2.27. The lowest BCUT2D eigenvalue weighted by Gasteiger charge is -2.09. The van der Waals surface area contributed by atoms with E-state index in [2.05, 4.69) is 15.3 Å². The molecule has 0 aliphatic rings. The van der Waals surface area contributed by atoms with E-state index < -0.39 is 0 Å². The van der Waals surface area contributed by atoms with Crippen LogP contribution in [0.1, 0.15) is 11.3 Å². The van der Waals surface area contributed by atoms with E-state index in [-0.39, 0.29) is 5.82 Å². The van der Waals surface area contributed by atoms with Gasteiger partial charge in [-0.05, 0) is 43.2 Å². The summed E-state index contributed by atoms with van der Waals surface area (Å²) in [6.07, 6.45) is 0.742. The van der Waals surface area contributed by atoms with E-state index in [0.717, 1.165) is 34.5 Å². The summed E-state index contributed by atoms with van der Waals surface area (Å²) >= 11 is 0. The molecular weight excluding hydrogens is 265 g/mol. The Morgan fingerprint density at radius 3 is 2.52 bits per heavy atom. The van der Waals surface area contributed by atoms with Crippen LogP contribution in [0, 0.1) is 12.7 Å². The van der Waals surface area contributed by atoms with Crippen LogP contribution in [0.2, 0.25) is 0 Å². The fraction of sp³-hybridized carbons (Fsp3) is 0.176. The molecule has 2 aromatic carbocycles. The van der Waals surface area contributed by atoms with Crippen LogP contribution in [0.15, 0.2) is 48.5 Å². The Labute approximate surface area is 122 Å². The number of anilines is 1. The third-order valence-electron chi connectivity index (χ3n) is 3.34. The molecule has 0 unspecified atom stereocenters. The highest BCUT2D eigenvalue weighted by Gasteiger charge is 2.04. The SMILES string of the molecule is Cc1nc2ccccc2nc1NCCc1cccc(F)c1. The molecule has 106 valence electrons. The summed E-state index contributed by atoms with van der Waals surface area (Å²) < 4.78 is 13.1. The fourth-order valence-corrected chi connectivity index (χ4v) is 2.27. The highest BCUT2D eigenvalue weighted by molar-refractivity contribution is 5.76. The second-order valence-corrected chi connectivity index (χ2v) is 4.95. The van der Waals surface area contributed by atoms with Crippen molar-refractivity contribution in [2.45, 2.75) is 13.3 Å². The molecule has 0 aliphatic carbocycles. The van der Waals surface area contributed by atoms with Crippen molar-refractivity contribution in [3.8, 4) is 0 Å². The number of hydrogen-bond acceptors (Lipinski definition) is 3. The minimum Gasteiger partial charge on any atom is -0.368 e. The molecule has 0 bridgehead atoms. The first kappa shape index (κ1) is 13.5. The van der Waals surface area contributed by atoms with Gasteiger partial charge >= 0.3 is 0 Å². The van der Waals surface area contributed by atoms with Gasteiger partial charge in [0.25, 0.3) is 0 Å². The minimum atomic E-state index is -0.200. The summed E-state index contributed by atoms with van der Waals surface area (Å²) in [4.78, 5) is 9.11. The zero-order chi connectivity index (χ0) is 14.7. The Morgan fingerprint density at radius 2 is 1.76 bits per heavy atom. The summed E-state index contributed by atoms with van der Waals surface area (Å²) in [5.41, 5.74) is 3.60. The molecule has 0 radical (unpaired) electrons. The van der Waals surface area contributed by atoms with E-state index >= 15 is 0 Å². The molecule has 0 fully saturated rings. The predicted octanol–water partition coefficient (Wildman–Crippen LogP) is 3.73. The van der Waals surface area contributed by atoms with Crippen LogP contribution in [-0.2, 0) is 6.42 Å². The molecule has 1 aromatic heterocycles. The molecule has 0 saturated carbocycles. The molecule has 1 heterocycles. The van der Waals surface area contributed by atoms with E-state index in [1.807, 2.05) is 37.3 Å². The summed E-state index contributed by atoms with van der Waals surface area (Å²) in [7, 11) is 0. The summed E-state index contributed by atoms with van der Waals surface area (Å²) in [6, 6.07) is 14.5. The molecule has 0 saturated heterocycles. The van der Waals surface area contributed by atoms with Crippen molar-refractivity contribution in [3.63, 3.8) is 0 Å². The molecule has 3 nitrogen and oxygen atoms in total. The van der Waals surface area contributed by atoms with Gasteiger partial charge in [-0.15, -0.1) is 0 Å². The summed E-state index contributed by atoms with van der Waals surface area (Å²) in [5.74, 6) is 0.583. The van der Waals surface area contributed by atoms with Crippen LogP contribution in [-0.4, -0.2) is 16.5 Å². The number of para-hydroxylation sites is 2. The molecule has 3 aromatic rings. The second-order valence-electron chi connectivity index (χ2n) is 4.95. The van der Waals surface area contributed by atoms with Crippen LogP contribution in [0.3, 0.4) is 0 Å². The van der Waals surface area contributed by atoms with E-state index in [4.69, 9.17) is 0 Å². The van der Waals surface area contributed by atoms with Gasteiger partial charge < -0.3 is 5.32 Å². The van der Waals surface area contributed by atoms with Gasteiger partial charge in [-0.3, -0.25) is 0 Å². The van der Waals surface area contributed by atoms with Crippen LogP contribution in [0.25, 0.3) is 11.0 Å². The van der Waals surface area contributed by atoms with Crippen molar-refractivity contribution in [1.29, 1.82) is 0 Å². The minimum absolute atomic E-state index is 0.200. The number of nitrogens with one attached hydrogen (secondary N) is 1. The van der Waals surface area contributed by atoms with Gasteiger partial charge in [0.05, 0.1) is 16.7 Å². The molecule has 0 spiro atoms. The lowest BCUT2D eigenvalue weighted by atomic mass is 10.1. The van der Waals surface area contributed by atoms with Gasteiger partial charge in [-0.2, -0.15) is 0 Å². The highest BCUT2D eigenvalue weighted by Crippen LogP contribution is 2.16. The van der Waals surface area contributed by atoms with Crippen molar-refractivity contribution in [2.75, 3.05) is 11.9 Å². The van der Waals surface area contributed by atoms with Crippen LogP contribution >= 0.6 is 0 Å². The third-order valence-corrected chi connectivity index (χ3v) is 3.34. The van der Waals surface area contributed by atoms with Gasteiger partial charge in [-0.25, -0.2) is 14.4 Å². The standard InChI is InChI=1S/C17H16FN3/c1-12-17(21-16-8-3-2-7-15(16)20-12)19-10-9-13-5-4-6-14(18)11-13/h2-8,11H,9-10H2,1H3,(H,19,21). The Morgan fingerprint density at radius 1 is 1.00 bits per heavy atom. The zero-order valence-corrected chi connectivity index (χ0v) is 11.8. The molecule has 1 N–H and O–H groups in total. The number of hydrogen-bond donors (Lipinski definition) is 1. The van der Waals surface area contributed by atoms with Crippen LogP contribution < -0.4 is 5.32 Å². The van der Waals surface area contributed by atoms with Crippen molar-refractivity contribution in [1.82, 2.24) is 9.97 Å². The number of halogens is 1. The highest BCUT2D eigenvalue weighted by atomic mass is 19.1. The number of fused-ring (bicyclic) bond motifs is 1. The number of nitrogens with zero attached hydrogens (tertiary/aromatic N) is 2. The number of benzene rings is 2. The first-order chi connectivity index (χ1) is 10.2. The number of aryl methyl sites for hydroxylation is 1. The average Bonchev–Trinajstić information content (AvgIpc) is 2.48. The summed E-state index contributed by atoms with van der Waals surface area (Å²) in [6.45, 7) is 2.63. The topological polar surface area (TPSA) is 37.8 Å². The molecule has 21 heavy (non-hydrogen) atoms. The van der Waals surface area contributed by atoms with Crippen LogP contribution in [0.5, 0.6) is 0 Å². The van der Waals surface area contributed by atoms with Gasteiger partial charge in [0.1, 0.15) is 11.6 Å². The molecule has 4 heteroatoms. The van der Waals surface area contributed by atoms with E-state index in [0.29, 0.717) is 6.54 Å². The van der Waals surface area contributed by atoms with E-state index in [1.54, 1.807) is 12.1 Å². The lowest BCUT2D eigenvalue weighted by Crippen LogP contribution is -2.09. The molecular formula is C17H16FN3. The van der Waals surface area contributed by atoms with E-state index in [9.17, 15) is 4.39 Å². The largest absolute Gasteiger partial charge is 0.368 e. The molecule has 0 aliphatic heterocycles. The summed E-state index contributed by atoms with van der Waals surface area (Å²) in [5, 5.41) is 3.28. The normalized spacial score (nSPS) is 10.8. The van der Waals surface area contributed by atoms with E-state index in [1.165, 1.54) is 6.07 Å². The zero-order valence-electron chi connectivity index (χ0n) is 11.8. The van der Waals surface area contributed by atoms with Gasteiger partial charge in [0, 0.05) is 6.54 Å². The van der Waals surface area contributed by atoms with Crippen LogP contribution in [0.4, 0.5) is 10.2 Å². The smallest absolute Gasteiger partial charge is 0.148 e. The maximum atomic E-state index is 13.1. The Bertz CT molecular complexity index is 771. The number of aromatic nitrogens is 2. The lowest BCUT2D eigenvalue weighted by molar-refractivity contribution is 0.625. The molecule has 0 amide bonds. The van der Waals surface area contributed by atoms with Crippen molar-refractivity contribution < 1.29 is 4.39 Å². The first-order valence-electron chi connectivity index (χ1n) is 6.94. The average molecular weight is 281 g/mol. The second kappa shape index (κ2) is 5.87. The van der Waals surface area contributed by atoms with Gasteiger partial charge in [0.15, 0.2) is 0 Å². The van der Waals surface area contributed by atoms with Gasteiger partial charge in [-0.1, -0.05) is 24.3 Å². The maximum Gasteiger partial charge on any atom is 0.148 e. The Balaban J connectivity index is 1.71. The quantitative estimate of drug-likeness (QED) is 0.791. The van der Waals surface area contributed by atoms with Crippen molar-refractivity contribution in [3.05, 3.63) is 65.6 Å². The number of rotatable bonds is 4. The first-order valence-corrected chi connectivity index (χ1v) is 6.94. The maximum absolute atomic E-state index is 13.1. The Hall–Kier alpha value is -2.49. The molecule has 3 rings (SSSR count). The third kappa shape index (κ3) is 3.16. The predicted molar refractivity (Wildman–Crippen MR) is 82.9 cm³/mol.